The number of carbonyl (C=O) groups is 2. The van der Waals surface area contributed by atoms with E-state index >= 15 is 0 Å². The van der Waals surface area contributed by atoms with E-state index in [0.717, 1.165) is 18.5 Å². The van der Waals surface area contributed by atoms with E-state index < -0.39 is 18.0 Å². The zero-order valence-corrected chi connectivity index (χ0v) is 18.3. The second kappa shape index (κ2) is 8.64. The molecule has 7 nitrogen and oxygen atoms in total. The van der Waals surface area contributed by atoms with Gasteiger partial charge in [0, 0.05) is 24.8 Å². The van der Waals surface area contributed by atoms with Crippen LogP contribution in [0.3, 0.4) is 0 Å². The third-order valence-corrected chi connectivity index (χ3v) is 8.65. The number of rotatable bonds is 7. The van der Waals surface area contributed by atoms with Crippen LogP contribution in [0.1, 0.15) is 25.3 Å². The van der Waals surface area contributed by atoms with Crippen LogP contribution in [0.5, 0.6) is 0 Å². The van der Waals surface area contributed by atoms with Gasteiger partial charge in [0.05, 0.1) is 16.3 Å². The number of amidine groups is 1. The Balaban J connectivity index is 1.40. The van der Waals surface area contributed by atoms with Crippen molar-refractivity contribution in [1.82, 2.24) is 9.80 Å². The lowest BCUT2D eigenvalue weighted by Gasteiger charge is -2.44. The van der Waals surface area contributed by atoms with E-state index in [4.69, 9.17) is 5.41 Å². The summed E-state index contributed by atoms with van der Waals surface area (Å²) in [5.41, 5.74) is 1.15. The standard InChI is InChI=1S/C21H25N3O4S2/c1-2-14(25)16-18(26)24-17(20(27)28)21(30-19(16)24)29-13-8-9-23(11-13)15(22)10-12-6-4-3-5-7-12/h3-7,13-14,16,19,22,25H,2,8-11H2,1H3,(H,27,28)/t13-,14-,16+,19+/m0/s1. The molecule has 1 aromatic carbocycles. The van der Waals surface area contributed by atoms with Crippen LogP contribution in [0.4, 0.5) is 0 Å². The van der Waals surface area contributed by atoms with Gasteiger partial charge in [-0.15, -0.1) is 11.8 Å². The number of nitrogens with one attached hydrogen (secondary N) is 1. The maximum absolute atomic E-state index is 12.5. The number of amides is 1. The van der Waals surface area contributed by atoms with E-state index in [0.29, 0.717) is 29.5 Å². The molecule has 0 spiro atoms. The summed E-state index contributed by atoms with van der Waals surface area (Å²) in [6.07, 6.45) is 1.16. The number of fused-ring (bicyclic) bond motifs is 1. The number of nitrogens with zero attached hydrogens (tertiary/aromatic N) is 2. The van der Waals surface area contributed by atoms with E-state index in [2.05, 4.69) is 4.90 Å². The first-order valence-electron chi connectivity index (χ1n) is 10.1. The van der Waals surface area contributed by atoms with Gasteiger partial charge in [-0.2, -0.15) is 0 Å². The van der Waals surface area contributed by atoms with Gasteiger partial charge in [-0.05, 0) is 18.4 Å². The Morgan fingerprint density at radius 3 is 2.77 bits per heavy atom. The summed E-state index contributed by atoms with van der Waals surface area (Å²) >= 11 is 2.88. The Kier molecular flexibility index (Phi) is 6.13. The highest BCUT2D eigenvalue weighted by Crippen LogP contribution is 2.55. The fourth-order valence-corrected chi connectivity index (χ4v) is 7.40. The van der Waals surface area contributed by atoms with Gasteiger partial charge < -0.3 is 15.1 Å². The molecule has 160 valence electrons. The quantitative estimate of drug-likeness (QED) is 0.335. The van der Waals surface area contributed by atoms with Crippen molar-refractivity contribution < 1.29 is 19.8 Å². The molecule has 3 N–H and O–H groups in total. The van der Waals surface area contributed by atoms with Crippen molar-refractivity contribution in [3.63, 3.8) is 0 Å². The maximum atomic E-state index is 12.5. The summed E-state index contributed by atoms with van der Waals surface area (Å²) in [7, 11) is 0. The number of aliphatic carboxylic acids is 1. The first kappa shape index (κ1) is 21.3. The highest BCUT2D eigenvalue weighted by Gasteiger charge is 2.58. The predicted octanol–water partition coefficient (Wildman–Crippen LogP) is 2.57. The van der Waals surface area contributed by atoms with Crippen LogP contribution >= 0.6 is 23.5 Å². The van der Waals surface area contributed by atoms with Crippen LogP contribution in [0, 0.1) is 11.3 Å². The van der Waals surface area contributed by atoms with Crippen LogP contribution in [0.25, 0.3) is 0 Å². The zero-order valence-electron chi connectivity index (χ0n) is 16.7. The number of β-lactam (4-membered cyclic amide) rings is 1. The number of hydrogen-bond donors (Lipinski definition) is 3. The molecule has 0 saturated carbocycles. The average molecular weight is 448 g/mol. The molecule has 0 aromatic heterocycles. The molecule has 0 radical (unpaired) electrons. The Labute approximate surface area is 184 Å². The fourth-order valence-electron chi connectivity index (χ4n) is 4.12. The summed E-state index contributed by atoms with van der Waals surface area (Å²) in [4.78, 5) is 27.7. The first-order valence-corrected chi connectivity index (χ1v) is 11.8. The molecular weight excluding hydrogens is 422 g/mol. The minimum atomic E-state index is -1.10. The molecule has 30 heavy (non-hydrogen) atoms. The van der Waals surface area contributed by atoms with Gasteiger partial charge in [0.2, 0.25) is 5.91 Å². The zero-order chi connectivity index (χ0) is 21.4. The van der Waals surface area contributed by atoms with Crippen molar-refractivity contribution >= 4 is 41.2 Å². The SMILES string of the molecule is CC[C@H](O)[C@@H]1C(=O)N2C(C(=O)O)=C(S[C@H]3CCN(C(=N)Cc4ccccc4)C3)S[C@H]12. The lowest BCUT2D eigenvalue weighted by atomic mass is 9.90. The molecule has 0 unspecified atom stereocenters. The van der Waals surface area contributed by atoms with Gasteiger partial charge in [0.1, 0.15) is 11.2 Å². The van der Waals surface area contributed by atoms with Gasteiger partial charge >= 0.3 is 5.97 Å². The van der Waals surface area contributed by atoms with Gasteiger partial charge in [-0.25, -0.2) is 4.79 Å². The largest absolute Gasteiger partial charge is 0.477 e. The van der Waals surface area contributed by atoms with Gasteiger partial charge in [0.25, 0.3) is 0 Å². The first-order chi connectivity index (χ1) is 14.4. The molecule has 3 aliphatic heterocycles. The van der Waals surface area contributed by atoms with Crippen molar-refractivity contribution in [3.05, 3.63) is 45.8 Å². The lowest BCUT2D eigenvalue weighted by Crippen LogP contribution is -2.61. The predicted molar refractivity (Wildman–Crippen MR) is 118 cm³/mol. The van der Waals surface area contributed by atoms with E-state index in [9.17, 15) is 19.8 Å². The summed E-state index contributed by atoms with van der Waals surface area (Å²) in [5, 5.41) is 28.1. The van der Waals surface area contributed by atoms with Crippen molar-refractivity contribution in [1.29, 1.82) is 5.41 Å². The van der Waals surface area contributed by atoms with Crippen LogP contribution in [0.2, 0.25) is 0 Å². The number of hydrogen-bond acceptors (Lipinski definition) is 6. The number of aliphatic hydroxyl groups excluding tert-OH is 1. The highest BCUT2D eigenvalue weighted by molar-refractivity contribution is 8.23. The normalized spacial score (nSPS) is 26.6. The molecular formula is C21H25N3O4S2. The van der Waals surface area contributed by atoms with Crippen LogP contribution < -0.4 is 0 Å². The van der Waals surface area contributed by atoms with Gasteiger partial charge in [-0.1, -0.05) is 49.0 Å². The molecule has 0 bridgehead atoms. The number of likely N-dealkylation sites (tertiary alicyclic amines) is 1. The van der Waals surface area contributed by atoms with Crippen LogP contribution in [-0.4, -0.2) is 67.5 Å². The van der Waals surface area contributed by atoms with E-state index in [-0.39, 0.29) is 22.2 Å². The molecule has 4 rings (SSSR count). The second-order valence-electron chi connectivity index (χ2n) is 7.74. The molecule has 2 fully saturated rings. The number of carbonyl (C=O) groups excluding carboxylic acids is 1. The minimum Gasteiger partial charge on any atom is -0.477 e. The fraction of sp³-hybridized carbons (Fsp3) is 0.476. The molecule has 1 amide bonds. The number of benzene rings is 1. The molecule has 0 aliphatic carbocycles. The average Bonchev–Trinajstić information content (AvgIpc) is 3.32. The molecule has 9 heteroatoms. The number of carboxylic acids is 1. The van der Waals surface area contributed by atoms with E-state index in [1.807, 2.05) is 37.3 Å². The van der Waals surface area contributed by atoms with Crippen molar-refractivity contribution in [2.45, 2.75) is 42.9 Å². The van der Waals surface area contributed by atoms with Crippen LogP contribution in [-0.2, 0) is 16.0 Å². The molecule has 4 atom stereocenters. The topological polar surface area (TPSA) is 105 Å². The molecule has 1 aromatic rings. The smallest absolute Gasteiger partial charge is 0.354 e. The van der Waals surface area contributed by atoms with Crippen LogP contribution in [0.15, 0.2) is 40.3 Å². The van der Waals surface area contributed by atoms with Gasteiger partial charge in [0.15, 0.2) is 5.70 Å². The number of carboxylic acid groups (broad SMARTS) is 1. The Bertz CT molecular complexity index is 891. The van der Waals surface area contributed by atoms with Crippen molar-refractivity contribution in [2.24, 2.45) is 5.92 Å². The Morgan fingerprint density at radius 2 is 2.10 bits per heavy atom. The van der Waals surface area contributed by atoms with Crippen molar-refractivity contribution in [3.8, 4) is 0 Å². The van der Waals surface area contributed by atoms with E-state index in [1.54, 1.807) is 0 Å². The highest BCUT2D eigenvalue weighted by atomic mass is 32.2. The van der Waals surface area contributed by atoms with Gasteiger partial charge in [-0.3, -0.25) is 15.1 Å². The lowest BCUT2D eigenvalue weighted by molar-refractivity contribution is -0.157. The summed E-state index contributed by atoms with van der Waals surface area (Å²) in [6.45, 7) is 3.28. The second-order valence-corrected chi connectivity index (χ2v) is 10.4. The van der Waals surface area contributed by atoms with E-state index in [1.165, 1.54) is 28.4 Å². The number of aliphatic hydroxyl groups is 1. The maximum Gasteiger partial charge on any atom is 0.354 e. The summed E-state index contributed by atoms with van der Waals surface area (Å²) in [5.74, 6) is -1.36. The third kappa shape index (κ3) is 3.86. The van der Waals surface area contributed by atoms with Crippen molar-refractivity contribution in [2.75, 3.05) is 13.1 Å². The Hall–Kier alpha value is -1.97. The molecule has 2 saturated heterocycles. The Morgan fingerprint density at radius 1 is 1.37 bits per heavy atom. The summed E-state index contributed by atoms with van der Waals surface area (Å²) < 4.78 is 0.646. The summed E-state index contributed by atoms with van der Waals surface area (Å²) in [6, 6.07) is 9.92. The minimum absolute atomic E-state index is 0.0531. The number of thioether (sulfide) groups is 2. The molecule has 3 heterocycles. The molecule has 3 aliphatic rings. The third-order valence-electron chi connectivity index (χ3n) is 5.80. The monoisotopic (exact) mass is 447 g/mol.